The second-order valence-corrected chi connectivity index (χ2v) is 24.2. The summed E-state index contributed by atoms with van der Waals surface area (Å²) in [6.45, 7) is 2.34. The van der Waals surface area contributed by atoms with E-state index < -0.39 is 23.9 Å². The van der Waals surface area contributed by atoms with Crippen LogP contribution >= 0.6 is 0 Å². The van der Waals surface area contributed by atoms with E-state index in [0.29, 0.717) is 26.4 Å². The third kappa shape index (κ3) is 20.0. The lowest BCUT2D eigenvalue weighted by molar-refractivity contribution is -0.138. The summed E-state index contributed by atoms with van der Waals surface area (Å²) in [5, 5.41) is 49.8. The smallest absolute Gasteiger partial charge is 0.303 e. The molecule has 0 fully saturated rings. The first-order valence-corrected chi connectivity index (χ1v) is 33.2. The number of rotatable bonds is 52. The van der Waals surface area contributed by atoms with Gasteiger partial charge in [-0.3, -0.25) is 19.2 Å². The fourth-order valence-electron chi connectivity index (χ4n) is 12.9. The fourth-order valence-corrected chi connectivity index (χ4v) is 12.9. The first-order valence-electron chi connectivity index (χ1n) is 33.2. The number of hydrogen-bond acceptors (Lipinski definition) is 8. The zero-order valence-electron chi connectivity index (χ0n) is 50.8. The molecule has 0 radical (unpaired) electrons. The fraction of sp³-hybridized carbons (Fsp3) is 0.611. The molecule has 84 heavy (non-hydrogen) atoms. The number of benzene rings is 7. The molecular formula is C72H100O12. The minimum Gasteiger partial charge on any atom is -0.489 e. The van der Waals surface area contributed by atoms with Crippen molar-refractivity contribution in [2.75, 3.05) is 26.4 Å². The van der Waals surface area contributed by atoms with Gasteiger partial charge in [0.05, 0.1) is 26.4 Å². The summed E-state index contributed by atoms with van der Waals surface area (Å²) in [4.78, 5) is 43.6. The molecule has 0 heterocycles. The summed E-state index contributed by atoms with van der Waals surface area (Å²) in [5.74, 6) is 0.448. The Morgan fingerprint density at radius 3 is 0.571 bits per heavy atom. The molecule has 0 aromatic heterocycles. The lowest BCUT2D eigenvalue weighted by Gasteiger charge is -2.26. The first kappa shape index (κ1) is 65.5. The highest BCUT2D eigenvalue weighted by Crippen LogP contribution is 2.57. The van der Waals surface area contributed by atoms with Crippen molar-refractivity contribution in [2.24, 2.45) is 0 Å². The highest BCUT2D eigenvalue weighted by atomic mass is 16.5. The molecule has 0 unspecified atom stereocenters. The molecule has 0 aliphatic carbocycles. The van der Waals surface area contributed by atoms with Gasteiger partial charge in [0.15, 0.2) is 23.0 Å². The number of hydrogen-bond donors (Lipinski definition) is 4. The van der Waals surface area contributed by atoms with Crippen LogP contribution in [-0.2, 0) is 19.2 Å². The Hall–Kier alpha value is -6.04. The summed E-state index contributed by atoms with van der Waals surface area (Å²) >= 11 is 0. The molecule has 7 rings (SSSR count). The van der Waals surface area contributed by atoms with E-state index in [1.807, 2.05) is 0 Å². The van der Waals surface area contributed by atoms with Gasteiger partial charge in [0, 0.05) is 68.8 Å². The Morgan fingerprint density at radius 1 is 0.226 bits per heavy atom. The van der Waals surface area contributed by atoms with Gasteiger partial charge in [-0.25, -0.2) is 0 Å². The number of unbranched alkanes of at least 4 members (excludes halogenated alkanes) is 32. The summed E-state index contributed by atoms with van der Waals surface area (Å²) in [6, 6.07) is 18.0. The molecule has 0 saturated heterocycles. The highest BCUT2D eigenvalue weighted by Gasteiger charge is 2.29. The van der Waals surface area contributed by atoms with E-state index >= 15 is 0 Å². The third-order valence-electron chi connectivity index (χ3n) is 17.4. The second-order valence-electron chi connectivity index (χ2n) is 24.2. The predicted octanol–water partition coefficient (Wildman–Crippen LogP) is 20.4. The van der Waals surface area contributed by atoms with Crippen LogP contribution in [0.1, 0.15) is 257 Å². The maximum Gasteiger partial charge on any atom is 0.303 e. The zero-order valence-corrected chi connectivity index (χ0v) is 50.8. The topological polar surface area (TPSA) is 186 Å². The molecule has 7 aromatic rings. The number of carboxylic acids is 4. The van der Waals surface area contributed by atoms with E-state index in [-0.39, 0.29) is 25.7 Å². The minimum absolute atomic E-state index is 0.260. The molecule has 0 aliphatic rings. The Morgan fingerprint density at radius 2 is 0.393 bits per heavy atom. The van der Waals surface area contributed by atoms with Crippen LogP contribution in [0.5, 0.6) is 23.0 Å². The van der Waals surface area contributed by atoms with Crippen molar-refractivity contribution in [1.29, 1.82) is 0 Å². The van der Waals surface area contributed by atoms with Crippen molar-refractivity contribution >= 4 is 88.5 Å². The van der Waals surface area contributed by atoms with Crippen molar-refractivity contribution in [1.82, 2.24) is 0 Å². The average Bonchev–Trinajstić information content (AvgIpc) is 0.686. The molecule has 0 atom stereocenters. The minimum atomic E-state index is -0.708. The number of carboxylic acid groups (broad SMARTS) is 4. The Bertz CT molecular complexity index is 2640. The maximum atomic E-state index is 10.9. The standard InChI is InChI=1S/C72H100O12/c73-59(74)37-29-21-13-5-1-9-17-25-33-49-81-69-55-45-41-53-43-47-57-67-63(53)65(55)66-56(70(69)82-50-34-26-18-10-2-6-14-22-30-38-60(75)76)46-42-54-44-48-58(68(67)64(54)66)72(84-52-36-28-20-12-4-8-16-24-32-40-62(79)80)71(57)83-51-35-27-19-11-3-7-15-23-31-39-61(77)78/h41-48H,1-40,49-52H2,(H,73,74)(H,75,76)(H,77,78)(H,79,80). The third-order valence-corrected chi connectivity index (χ3v) is 17.4. The number of aliphatic carboxylic acids is 4. The predicted molar refractivity (Wildman–Crippen MR) is 342 cm³/mol. The van der Waals surface area contributed by atoms with E-state index in [1.165, 1.54) is 94.5 Å². The van der Waals surface area contributed by atoms with Gasteiger partial charge in [0.2, 0.25) is 0 Å². The van der Waals surface area contributed by atoms with Crippen molar-refractivity contribution in [3.63, 3.8) is 0 Å². The summed E-state index contributed by atoms with van der Waals surface area (Å²) < 4.78 is 28.2. The van der Waals surface area contributed by atoms with Crippen LogP contribution in [-0.4, -0.2) is 70.7 Å². The molecule has 0 saturated carbocycles. The van der Waals surface area contributed by atoms with Gasteiger partial charge in [-0.1, -0.05) is 204 Å². The van der Waals surface area contributed by atoms with Gasteiger partial charge >= 0.3 is 23.9 Å². The number of ether oxygens (including phenoxy) is 4. The van der Waals surface area contributed by atoms with Crippen molar-refractivity contribution in [2.45, 2.75) is 257 Å². The van der Waals surface area contributed by atoms with Crippen LogP contribution in [0.25, 0.3) is 64.6 Å². The van der Waals surface area contributed by atoms with E-state index in [4.69, 9.17) is 39.4 Å². The van der Waals surface area contributed by atoms with Crippen LogP contribution in [0.15, 0.2) is 48.5 Å². The van der Waals surface area contributed by atoms with Crippen molar-refractivity contribution in [3.8, 4) is 23.0 Å². The Kier molecular flexibility index (Phi) is 28.6. The monoisotopic (exact) mass is 1160 g/mol. The first-order chi connectivity index (χ1) is 41.2. The van der Waals surface area contributed by atoms with Gasteiger partial charge in [0.25, 0.3) is 0 Å². The lowest BCUT2D eigenvalue weighted by Crippen LogP contribution is -2.07. The molecule has 7 aromatic carbocycles. The molecule has 12 heteroatoms. The molecule has 4 N–H and O–H groups in total. The summed E-state index contributed by atoms with van der Waals surface area (Å²) in [5.41, 5.74) is 0. The molecule has 0 amide bonds. The van der Waals surface area contributed by atoms with Crippen LogP contribution in [0, 0.1) is 0 Å². The summed E-state index contributed by atoms with van der Waals surface area (Å²) in [6.07, 6.45) is 38.9. The molecule has 12 nitrogen and oxygen atoms in total. The van der Waals surface area contributed by atoms with Crippen molar-refractivity contribution in [3.05, 3.63) is 48.5 Å². The van der Waals surface area contributed by atoms with E-state index in [0.717, 1.165) is 224 Å². The van der Waals surface area contributed by atoms with Gasteiger partial charge in [0.1, 0.15) is 0 Å². The summed E-state index contributed by atoms with van der Waals surface area (Å²) in [7, 11) is 0. The van der Waals surface area contributed by atoms with Crippen LogP contribution < -0.4 is 18.9 Å². The van der Waals surface area contributed by atoms with Crippen LogP contribution in [0.2, 0.25) is 0 Å². The van der Waals surface area contributed by atoms with E-state index in [2.05, 4.69) is 48.5 Å². The van der Waals surface area contributed by atoms with Gasteiger partial charge in [-0.05, 0) is 97.2 Å². The maximum absolute atomic E-state index is 10.9. The molecule has 0 aliphatic heterocycles. The molecule has 460 valence electrons. The number of carbonyl (C=O) groups is 4. The average molecular weight is 1160 g/mol. The van der Waals surface area contributed by atoms with E-state index in [9.17, 15) is 19.2 Å². The second kappa shape index (κ2) is 36.7. The van der Waals surface area contributed by atoms with Gasteiger partial charge < -0.3 is 39.4 Å². The Labute approximate surface area is 499 Å². The highest BCUT2D eigenvalue weighted by molar-refractivity contribution is 6.46. The Balaban J connectivity index is 1.13. The lowest BCUT2D eigenvalue weighted by atomic mass is 9.82. The van der Waals surface area contributed by atoms with Crippen molar-refractivity contribution < 1.29 is 58.6 Å². The van der Waals surface area contributed by atoms with Crippen LogP contribution in [0.3, 0.4) is 0 Å². The SMILES string of the molecule is O=C(O)CCCCCCCCCCCOc1c(OCCCCCCCCCCCC(=O)O)c2ccc3ccc4c(OCCCCCCCCCCCC(=O)O)c(OCCCCCCCCCCCC(=O)O)c5ccc6ccc1c1c6c5c4c3c21. The van der Waals surface area contributed by atoms with Gasteiger partial charge in [-0.2, -0.15) is 0 Å². The molecule has 0 spiro atoms. The largest absolute Gasteiger partial charge is 0.489 e. The molecule has 0 bridgehead atoms. The quantitative estimate of drug-likeness (QED) is 0.0161. The van der Waals surface area contributed by atoms with E-state index in [1.54, 1.807) is 0 Å². The normalized spacial score (nSPS) is 11.9. The van der Waals surface area contributed by atoms with Crippen LogP contribution in [0.4, 0.5) is 0 Å². The molecular weight excluding hydrogens is 1060 g/mol. The van der Waals surface area contributed by atoms with Gasteiger partial charge in [-0.15, -0.1) is 0 Å². The zero-order chi connectivity index (χ0) is 59.1.